The molecule has 0 bridgehead atoms. The van der Waals surface area contributed by atoms with Gasteiger partial charge >= 0.3 is 0 Å². The monoisotopic (exact) mass is 598 g/mol. The standard InChI is InChI=1S/C32H31FN6O3S/c1-18-11-21(38-14-32(15-38)16-39(17-32)29(40)31(2,3)41)12-22-25(18)35-23-9-10-42-28(23)27(22)37(4)30-36-26(24(13-34)43-30)19-5-7-20(33)8-6-19/h5-8,11-12,41H,9-10,14-17H2,1-4H3. The molecule has 0 saturated carbocycles. The van der Waals surface area contributed by atoms with Gasteiger partial charge < -0.3 is 24.5 Å². The fourth-order valence-electron chi connectivity index (χ4n) is 6.49. The number of nitriles is 1. The minimum absolute atomic E-state index is 0.0496. The van der Waals surface area contributed by atoms with Crippen molar-refractivity contribution in [2.24, 2.45) is 5.41 Å². The minimum Gasteiger partial charge on any atom is -0.489 e. The number of hydrogen-bond donors (Lipinski definition) is 1. The first kappa shape index (κ1) is 27.6. The third-order valence-electron chi connectivity index (χ3n) is 8.59. The molecule has 7 rings (SSSR count). The van der Waals surface area contributed by atoms with E-state index in [-0.39, 0.29) is 17.1 Å². The molecule has 0 aliphatic carbocycles. The molecule has 1 amide bonds. The SMILES string of the molecule is Cc1cc(N2CC3(CN(C(=O)C(C)(C)O)C3)C2)cc2c(N(C)c3nc(-c4ccc(F)cc4)c(C#N)s3)c3c(nc12)CCO3. The Morgan fingerprint density at radius 2 is 1.91 bits per heavy atom. The van der Waals surface area contributed by atoms with Crippen LogP contribution in [0.5, 0.6) is 5.75 Å². The lowest BCUT2D eigenvalue weighted by molar-refractivity contribution is -0.162. The van der Waals surface area contributed by atoms with Gasteiger partial charge in [-0.15, -0.1) is 0 Å². The van der Waals surface area contributed by atoms with E-state index in [0.29, 0.717) is 47.4 Å². The van der Waals surface area contributed by atoms with Crippen molar-refractivity contribution in [2.45, 2.75) is 32.8 Å². The Balaban J connectivity index is 1.24. The number of nitrogens with zero attached hydrogens (tertiary/aromatic N) is 6. The Labute approximate surface area is 252 Å². The Bertz CT molecular complexity index is 1830. The second-order valence-corrected chi connectivity index (χ2v) is 13.4. The number of amides is 1. The van der Waals surface area contributed by atoms with E-state index in [1.165, 1.54) is 37.3 Å². The number of rotatable bonds is 5. The summed E-state index contributed by atoms with van der Waals surface area (Å²) in [5.41, 5.74) is 4.66. The van der Waals surface area contributed by atoms with E-state index < -0.39 is 5.60 Å². The Morgan fingerprint density at radius 1 is 1.19 bits per heavy atom. The molecule has 0 radical (unpaired) electrons. The molecular weight excluding hydrogens is 567 g/mol. The number of carbonyl (C=O) groups is 1. The lowest BCUT2D eigenvalue weighted by Gasteiger charge is -2.61. The van der Waals surface area contributed by atoms with Crippen molar-refractivity contribution in [2.75, 3.05) is 49.6 Å². The Kier molecular flexibility index (Phi) is 6.17. The van der Waals surface area contributed by atoms with Gasteiger partial charge in [0.15, 0.2) is 10.9 Å². The highest BCUT2D eigenvalue weighted by Gasteiger charge is 2.54. The minimum atomic E-state index is -1.36. The van der Waals surface area contributed by atoms with Gasteiger partial charge in [-0.05, 0) is 62.7 Å². The first-order valence-electron chi connectivity index (χ1n) is 14.2. The zero-order valence-corrected chi connectivity index (χ0v) is 25.3. The van der Waals surface area contributed by atoms with E-state index in [4.69, 9.17) is 14.7 Å². The van der Waals surface area contributed by atoms with Crippen LogP contribution in [0, 0.1) is 29.5 Å². The van der Waals surface area contributed by atoms with Crippen molar-refractivity contribution in [3.8, 4) is 23.1 Å². The van der Waals surface area contributed by atoms with Gasteiger partial charge in [0.1, 0.15) is 28.1 Å². The summed E-state index contributed by atoms with van der Waals surface area (Å²) < 4.78 is 19.7. The first-order chi connectivity index (χ1) is 20.5. The van der Waals surface area contributed by atoms with E-state index >= 15 is 0 Å². The molecule has 5 heterocycles. The molecule has 9 nitrogen and oxygen atoms in total. The Morgan fingerprint density at radius 3 is 2.58 bits per heavy atom. The van der Waals surface area contributed by atoms with Crippen LogP contribution in [0.25, 0.3) is 22.2 Å². The molecule has 2 saturated heterocycles. The predicted molar refractivity (Wildman–Crippen MR) is 163 cm³/mol. The largest absolute Gasteiger partial charge is 0.489 e. The summed E-state index contributed by atoms with van der Waals surface area (Å²) in [7, 11) is 1.93. The van der Waals surface area contributed by atoms with Gasteiger partial charge in [0.25, 0.3) is 5.91 Å². The normalized spacial score (nSPS) is 16.9. The number of thiazole rings is 1. The van der Waals surface area contributed by atoms with Crippen molar-refractivity contribution >= 4 is 44.7 Å². The maximum absolute atomic E-state index is 13.6. The van der Waals surface area contributed by atoms with E-state index in [1.54, 1.807) is 17.0 Å². The van der Waals surface area contributed by atoms with Crippen molar-refractivity contribution in [1.29, 1.82) is 5.26 Å². The molecule has 3 aliphatic rings. The topological polar surface area (TPSA) is 106 Å². The number of benzene rings is 2. The number of aromatic nitrogens is 2. The van der Waals surface area contributed by atoms with Crippen LogP contribution in [0.1, 0.15) is 30.0 Å². The number of carbonyl (C=O) groups excluding carboxylic acids is 1. The van der Waals surface area contributed by atoms with E-state index in [0.717, 1.165) is 52.4 Å². The number of pyridine rings is 1. The molecule has 1 spiro atoms. The molecule has 2 fully saturated rings. The summed E-state index contributed by atoms with van der Waals surface area (Å²) in [4.78, 5) is 28.8. The highest BCUT2D eigenvalue weighted by atomic mass is 32.1. The number of ether oxygens (including phenoxy) is 1. The molecule has 0 unspecified atom stereocenters. The van der Waals surface area contributed by atoms with Crippen LogP contribution in [0.15, 0.2) is 36.4 Å². The van der Waals surface area contributed by atoms with Gasteiger partial charge in [0.2, 0.25) is 0 Å². The molecule has 220 valence electrons. The number of halogens is 1. The van der Waals surface area contributed by atoms with E-state index in [2.05, 4.69) is 30.0 Å². The summed E-state index contributed by atoms with van der Waals surface area (Å²) in [5.74, 6) is 0.154. The Hall–Kier alpha value is -4.27. The molecule has 11 heteroatoms. The third kappa shape index (κ3) is 4.48. The fraction of sp³-hybridized carbons (Fsp3) is 0.375. The summed E-state index contributed by atoms with van der Waals surface area (Å²) >= 11 is 1.28. The smallest absolute Gasteiger partial charge is 0.253 e. The van der Waals surface area contributed by atoms with Crippen molar-refractivity contribution in [3.05, 3.63) is 58.3 Å². The van der Waals surface area contributed by atoms with Crippen LogP contribution >= 0.6 is 11.3 Å². The zero-order chi connectivity index (χ0) is 30.3. The number of hydrogen-bond acceptors (Lipinski definition) is 9. The number of aryl methyl sites for hydroxylation is 1. The number of likely N-dealkylation sites (tertiary alicyclic amines) is 1. The molecule has 43 heavy (non-hydrogen) atoms. The average molecular weight is 599 g/mol. The number of anilines is 3. The number of aliphatic hydroxyl groups is 1. The molecule has 3 aliphatic heterocycles. The van der Waals surface area contributed by atoms with Crippen LogP contribution in [0.3, 0.4) is 0 Å². The predicted octanol–water partition coefficient (Wildman–Crippen LogP) is 4.80. The molecule has 0 atom stereocenters. The van der Waals surface area contributed by atoms with Gasteiger partial charge in [-0.3, -0.25) is 4.79 Å². The van der Waals surface area contributed by atoms with Crippen molar-refractivity contribution < 1.29 is 19.0 Å². The maximum atomic E-state index is 13.6. The summed E-state index contributed by atoms with van der Waals surface area (Å²) in [6.45, 7) is 8.63. The van der Waals surface area contributed by atoms with Crippen LogP contribution < -0.4 is 14.5 Å². The van der Waals surface area contributed by atoms with Gasteiger partial charge in [-0.2, -0.15) is 5.26 Å². The second kappa shape index (κ2) is 9.62. The quantitative estimate of drug-likeness (QED) is 0.349. The van der Waals surface area contributed by atoms with E-state index in [9.17, 15) is 19.6 Å². The van der Waals surface area contributed by atoms with Gasteiger partial charge in [0.05, 0.1) is 23.5 Å². The third-order valence-corrected chi connectivity index (χ3v) is 9.62. The number of fused-ring (bicyclic) bond motifs is 2. The lowest BCUT2D eigenvalue weighted by atomic mass is 9.72. The maximum Gasteiger partial charge on any atom is 0.253 e. The average Bonchev–Trinajstić information content (AvgIpc) is 3.57. The molecule has 2 aromatic heterocycles. The molecule has 2 aromatic carbocycles. The second-order valence-electron chi connectivity index (χ2n) is 12.4. The van der Waals surface area contributed by atoms with E-state index in [1.807, 2.05) is 11.9 Å². The summed E-state index contributed by atoms with van der Waals surface area (Å²) in [5, 5.41) is 21.6. The van der Waals surface area contributed by atoms with Gasteiger partial charge in [-0.1, -0.05) is 11.3 Å². The summed E-state index contributed by atoms with van der Waals surface area (Å²) in [6.07, 6.45) is 0.712. The van der Waals surface area contributed by atoms with Gasteiger partial charge in [0, 0.05) is 61.7 Å². The highest BCUT2D eigenvalue weighted by Crippen LogP contribution is 2.48. The van der Waals surface area contributed by atoms with Crippen LogP contribution in [0.4, 0.5) is 20.9 Å². The zero-order valence-electron chi connectivity index (χ0n) is 24.4. The lowest BCUT2D eigenvalue weighted by Crippen LogP contribution is -2.74. The summed E-state index contributed by atoms with van der Waals surface area (Å²) in [6, 6.07) is 12.6. The van der Waals surface area contributed by atoms with Gasteiger partial charge in [-0.25, -0.2) is 14.4 Å². The van der Waals surface area contributed by atoms with Crippen LogP contribution in [-0.2, 0) is 11.2 Å². The first-order valence-corrected chi connectivity index (χ1v) is 15.1. The fourth-order valence-corrected chi connectivity index (χ4v) is 7.34. The van der Waals surface area contributed by atoms with Crippen LogP contribution in [-0.4, -0.2) is 71.3 Å². The molecular formula is C32H31FN6O3S. The highest BCUT2D eigenvalue weighted by molar-refractivity contribution is 7.16. The van der Waals surface area contributed by atoms with Crippen molar-refractivity contribution in [1.82, 2.24) is 14.9 Å². The molecule has 1 N–H and O–H groups in total. The molecule has 4 aromatic rings. The van der Waals surface area contributed by atoms with Crippen LogP contribution in [0.2, 0.25) is 0 Å². The van der Waals surface area contributed by atoms with Crippen molar-refractivity contribution in [3.63, 3.8) is 0 Å².